The van der Waals surface area contributed by atoms with Gasteiger partial charge in [0.15, 0.2) is 0 Å². The summed E-state index contributed by atoms with van der Waals surface area (Å²) < 4.78 is 16.0. The van der Waals surface area contributed by atoms with Gasteiger partial charge in [0, 0.05) is 42.3 Å². The molecular formula is C32H44N4O9S. The summed E-state index contributed by atoms with van der Waals surface area (Å²) in [6.07, 6.45) is 3.83. The van der Waals surface area contributed by atoms with Crippen molar-refractivity contribution in [2.75, 3.05) is 40.0 Å². The number of carbonyl (C=O) groups is 5. The second-order valence-corrected chi connectivity index (χ2v) is 13.3. The van der Waals surface area contributed by atoms with Gasteiger partial charge < -0.3 is 34.4 Å². The smallest absolute Gasteiger partial charge is 0.410 e. The Balaban J connectivity index is 1.56. The summed E-state index contributed by atoms with van der Waals surface area (Å²) in [4.78, 5) is 70.2. The standard InChI is InChI=1S/C32H44N4O9S/c1-7-10-43-30(40)26-27(18(4)25-24(19(5)37)29(39)36(25)26)46-22-15-21(34(17-22)31(41)44-11-8-2)13-20-14-23(28(38)33-6)35(16-20)32(42)45-12-9-3/h7-9,18-25,37H,1-3,10-17H2,4-6H3,(H,33,38)/t18-,19-,20?,21-,22+,23+,24-,25-/m1/s1. The molecule has 3 fully saturated rings. The number of β-lactam (4-membered cyclic amide) rings is 1. The van der Waals surface area contributed by atoms with E-state index in [0.717, 1.165) is 0 Å². The number of aliphatic hydroxyl groups excluding tert-OH is 1. The highest BCUT2D eigenvalue weighted by atomic mass is 32.2. The van der Waals surface area contributed by atoms with Crippen molar-refractivity contribution >= 4 is 41.7 Å². The number of hydrogen-bond donors (Lipinski definition) is 2. The third kappa shape index (κ3) is 6.97. The van der Waals surface area contributed by atoms with E-state index in [4.69, 9.17) is 14.2 Å². The first-order valence-electron chi connectivity index (χ1n) is 15.5. The molecule has 13 nitrogen and oxygen atoms in total. The number of hydrogen-bond acceptors (Lipinski definition) is 10. The number of amides is 4. The first-order valence-corrected chi connectivity index (χ1v) is 16.4. The normalized spacial score (nSPS) is 29.1. The molecule has 8 atom stereocenters. The molecule has 3 saturated heterocycles. The van der Waals surface area contributed by atoms with Gasteiger partial charge in [-0.15, -0.1) is 11.8 Å². The lowest BCUT2D eigenvalue weighted by Crippen LogP contribution is -2.63. The van der Waals surface area contributed by atoms with E-state index in [1.807, 2.05) is 6.92 Å². The summed E-state index contributed by atoms with van der Waals surface area (Å²) in [5.74, 6) is -2.24. The molecule has 0 radical (unpaired) electrons. The first kappa shape index (κ1) is 35.1. The second kappa shape index (κ2) is 15.2. The zero-order chi connectivity index (χ0) is 33.7. The number of esters is 1. The monoisotopic (exact) mass is 660 g/mol. The van der Waals surface area contributed by atoms with Crippen LogP contribution in [0.5, 0.6) is 0 Å². The SMILES string of the molecule is C=CCOC(=O)C1=C(S[C@H]2C[C@@H](CC3C[C@@H](C(=O)NC)N(C(=O)OCC=C)C3)N(C(=O)OCC=C)C2)[C@H](C)[C@@H]2[C@@H]([C@@H](C)O)C(=O)N12. The van der Waals surface area contributed by atoms with Crippen molar-refractivity contribution in [3.05, 3.63) is 48.6 Å². The van der Waals surface area contributed by atoms with Gasteiger partial charge in [-0.1, -0.05) is 44.9 Å². The minimum absolute atomic E-state index is 0.0180. The predicted molar refractivity (Wildman–Crippen MR) is 170 cm³/mol. The summed E-state index contributed by atoms with van der Waals surface area (Å²) >= 11 is 1.44. The molecule has 0 saturated carbocycles. The molecule has 0 aliphatic carbocycles. The van der Waals surface area contributed by atoms with Crippen LogP contribution in [0.4, 0.5) is 9.59 Å². The van der Waals surface area contributed by atoms with Crippen LogP contribution >= 0.6 is 11.8 Å². The third-order valence-electron chi connectivity index (χ3n) is 8.96. The van der Waals surface area contributed by atoms with E-state index in [9.17, 15) is 29.1 Å². The van der Waals surface area contributed by atoms with Crippen LogP contribution in [0.2, 0.25) is 0 Å². The number of likely N-dealkylation sites (tertiary alicyclic amines) is 2. The van der Waals surface area contributed by atoms with Crippen LogP contribution in [-0.4, -0.2) is 119 Å². The maximum Gasteiger partial charge on any atom is 0.410 e. The highest BCUT2D eigenvalue weighted by molar-refractivity contribution is 8.03. The number of nitrogens with one attached hydrogen (secondary N) is 1. The molecule has 0 aromatic carbocycles. The maximum absolute atomic E-state index is 13.2. The molecule has 0 spiro atoms. The molecule has 4 amide bonds. The predicted octanol–water partition coefficient (Wildman–Crippen LogP) is 2.43. The summed E-state index contributed by atoms with van der Waals surface area (Å²) in [5.41, 5.74) is 0.174. The van der Waals surface area contributed by atoms with Crippen LogP contribution in [0.1, 0.15) is 33.1 Å². The van der Waals surface area contributed by atoms with Gasteiger partial charge in [0.2, 0.25) is 11.8 Å². The molecule has 4 heterocycles. The fourth-order valence-corrected chi connectivity index (χ4v) is 8.54. The molecule has 0 aromatic rings. The lowest BCUT2D eigenvalue weighted by atomic mass is 9.79. The van der Waals surface area contributed by atoms with Crippen molar-refractivity contribution < 1.29 is 43.3 Å². The fraction of sp³-hybridized carbons (Fsp3) is 0.594. The zero-order valence-corrected chi connectivity index (χ0v) is 27.4. The summed E-state index contributed by atoms with van der Waals surface area (Å²) in [6, 6.07) is -1.37. The topological polar surface area (TPSA) is 155 Å². The highest BCUT2D eigenvalue weighted by Gasteiger charge is 2.60. The Hall–Kier alpha value is -3.78. The number of rotatable bonds is 13. The van der Waals surface area contributed by atoms with Crippen molar-refractivity contribution in [1.82, 2.24) is 20.0 Å². The van der Waals surface area contributed by atoms with Crippen molar-refractivity contribution in [2.45, 2.75) is 62.6 Å². The number of aliphatic hydroxyl groups is 1. The van der Waals surface area contributed by atoms with Gasteiger partial charge in [0.05, 0.1) is 18.1 Å². The number of thioether (sulfide) groups is 1. The third-order valence-corrected chi connectivity index (χ3v) is 10.5. The van der Waals surface area contributed by atoms with Crippen molar-refractivity contribution in [2.24, 2.45) is 17.8 Å². The maximum atomic E-state index is 13.2. The van der Waals surface area contributed by atoms with Gasteiger partial charge in [-0.05, 0) is 32.1 Å². The Bertz CT molecular complexity index is 1290. The van der Waals surface area contributed by atoms with Crippen LogP contribution in [-0.2, 0) is 28.6 Å². The van der Waals surface area contributed by atoms with Gasteiger partial charge in [0.1, 0.15) is 31.6 Å². The molecule has 46 heavy (non-hydrogen) atoms. The molecule has 14 heteroatoms. The molecule has 0 bridgehead atoms. The highest BCUT2D eigenvalue weighted by Crippen LogP contribution is 2.52. The van der Waals surface area contributed by atoms with Crippen molar-refractivity contribution in [3.8, 4) is 0 Å². The lowest BCUT2D eigenvalue weighted by molar-refractivity contribution is -0.164. The molecule has 4 aliphatic rings. The van der Waals surface area contributed by atoms with E-state index < -0.39 is 36.2 Å². The Morgan fingerprint density at radius 2 is 1.61 bits per heavy atom. The average molecular weight is 661 g/mol. The van der Waals surface area contributed by atoms with Crippen molar-refractivity contribution in [1.29, 1.82) is 0 Å². The summed E-state index contributed by atoms with van der Waals surface area (Å²) in [7, 11) is 1.51. The van der Waals surface area contributed by atoms with E-state index in [1.54, 1.807) is 11.8 Å². The number of carbonyl (C=O) groups excluding carboxylic acids is 5. The zero-order valence-electron chi connectivity index (χ0n) is 26.6. The van der Waals surface area contributed by atoms with Gasteiger partial charge in [-0.2, -0.15) is 0 Å². The molecule has 4 rings (SSSR count). The van der Waals surface area contributed by atoms with Crippen LogP contribution < -0.4 is 5.32 Å². The largest absolute Gasteiger partial charge is 0.457 e. The van der Waals surface area contributed by atoms with Crippen LogP contribution in [0, 0.1) is 17.8 Å². The fourth-order valence-electron chi connectivity index (χ4n) is 6.98. The number of fused-ring (bicyclic) bond motifs is 1. The first-order chi connectivity index (χ1) is 22.0. The number of ether oxygens (including phenoxy) is 3. The van der Waals surface area contributed by atoms with E-state index in [2.05, 4.69) is 25.1 Å². The molecule has 0 aromatic heterocycles. The second-order valence-electron chi connectivity index (χ2n) is 12.0. The van der Waals surface area contributed by atoms with Crippen LogP contribution in [0.15, 0.2) is 48.6 Å². The van der Waals surface area contributed by atoms with Gasteiger partial charge in [-0.25, -0.2) is 14.4 Å². The molecule has 2 N–H and O–H groups in total. The minimum Gasteiger partial charge on any atom is -0.457 e. The number of likely N-dealkylation sites (N-methyl/N-ethyl adjacent to an activating group) is 1. The van der Waals surface area contributed by atoms with E-state index in [1.165, 1.54) is 46.8 Å². The van der Waals surface area contributed by atoms with E-state index >= 15 is 0 Å². The Morgan fingerprint density at radius 3 is 2.20 bits per heavy atom. The summed E-state index contributed by atoms with van der Waals surface area (Å²) in [6.45, 7) is 14.9. The minimum atomic E-state index is -0.879. The van der Waals surface area contributed by atoms with Gasteiger partial charge >= 0.3 is 18.2 Å². The molecule has 252 valence electrons. The van der Waals surface area contributed by atoms with Gasteiger partial charge in [-0.3, -0.25) is 14.5 Å². The quantitative estimate of drug-likeness (QED) is 0.130. The number of nitrogens with zero attached hydrogens (tertiary/aromatic N) is 3. The van der Waals surface area contributed by atoms with E-state index in [-0.39, 0.29) is 73.0 Å². The molecular weight excluding hydrogens is 616 g/mol. The van der Waals surface area contributed by atoms with Gasteiger partial charge in [0.25, 0.3) is 0 Å². The lowest BCUT2D eigenvalue weighted by Gasteiger charge is -2.46. The molecule has 1 unspecified atom stereocenters. The van der Waals surface area contributed by atoms with E-state index in [0.29, 0.717) is 30.7 Å². The average Bonchev–Trinajstić information content (AvgIpc) is 3.70. The Labute approximate surface area is 273 Å². The van der Waals surface area contributed by atoms with Crippen molar-refractivity contribution in [3.63, 3.8) is 0 Å². The Kier molecular flexibility index (Phi) is 11.6. The van der Waals surface area contributed by atoms with Crippen LogP contribution in [0.3, 0.4) is 0 Å². The van der Waals surface area contributed by atoms with Crippen LogP contribution in [0.25, 0.3) is 0 Å². The summed E-state index contributed by atoms with van der Waals surface area (Å²) in [5, 5.41) is 12.8. The molecule has 4 aliphatic heterocycles. The Morgan fingerprint density at radius 1 is 1.00 bits per heavy atom.